The molecule has 0 unspecified atom stereocenters. The van der Waals surface area contributed by atoms with Crippen LogP contribution in [0.15, 0.2) is 24.3 Å². The molecular weight excluding hydrogens is 294 g/mol. The van der Waals surface area contributed by atoms with Crippen LogP contribution in [0.2, 0.25) is 0 Å². The monoisotopic (exact) mass is 301 g/mol. The van der Waals surface area contributed by atoms with Crippen LogP contribution in [0, 0.1) is 5.82 Å². The molecular formula is C12H7F4N3O2. The number of hydrogen-bond donors (Lipinski definition) is 2. The standard InChI is InChI=1S/C12H7F4N3O2/c13-6-3-1-2-5(4-6)8-7(10(20)21)9(12(14,15)16)19-11(17)18-8/h1-4H,(H,20,21)(H2,17,18,19). The number of carbonyl (C=O) groups is 1. The fraction of sp³-hybridized carbons (Fsp3) is 0.0833. The van der Waals surface area contributed by atoms with Gasteiger partial charge in [-0.3, -0.25) is 0 Å². The maximum atomic E-state index is 13.2. The van der Waals surface area contributed by atoms with Gasteiger partial charge in [-0.25, -0.2) is 19.2 Å². The molecule has 2 aromatic rings. The quantitative estimate of drug-likeness (QED) is 0.832. The van der Waals surface area contributed by atoms with E-state index in [-0.39, 0.29) is 5.56 Å². The van der Waals surface area contributed by atoms with Gasteiger partial charge >= 0.3 is 12.1 Å². The lowest BCUT2D eigenvalue weighted by Gasteiger charge is -2.13. The topological polar surface area (TPSA) is 89.1 Å². The molecule has 0 spiro atoms. The molecule has 110 valence electrons. The SMILES string of the molecule is Nc1nc(-c2cccc(F)c2)c(C(=O)O)c(C(F)(F)F)n1. The second-order valence-electron chi connectivity index (χ2n) is 3.97. The Morgan fingerprint density at radius 3 is 2.43 bits per heavy atom. The second-order valence-corrected chi connectivity index (χ2v) is 3.97. The number of anilines is 1. The van der Waals surface area contributed by atoms with Crippen LogP contribution in [0.25, 0.3) is 11.3 Å². The Bertz CT molecular complexity index is 716. The zero-order valence-corrected chi connectivity index (χ0v) is 10.1. The highest BCUT2D eigenvalue weighted by Gasteiger charge is 2.40. The Labute approximate surface area is 115 Å². The van der Waals surface area contributed by atoms with Gasteiger partial charge in [-0.1, -0.05) is 12.1 Å². The molecule has 0 saturated heterocycles. The predicted molar refractivity (Wildman–Crippen MR) is 63.8 cm³/mol. The molecule has 0 radical (unpaired) electrons. The summed E-state index contributed by atoms with van der Waals surface area (Å²) in [4.78, 5) is 17.6. The molecule has 1 aromatic carbocycles. The number of rotatable bonds is 2. The lowest BCUT2D eigenvalue weighted by Crippen LogP contribution is -2.19. The first kappa shape index (κ1) is 14.7. The van der Waals surface area contributed by atoms with Crippen LogP contribution in [-0.4, -0.2) is 21.0 Å². The smallest absolute Gasteiger partial charge is 0.434 e. The molecule has 9 heteroatoms. The highest BCUT2D eigenvalue weighted by Crippen LogP contribution is 2.35. The van der Waals surface area contributed by atoms with E-state index in [0.29, 0.717) is 0 Å². The van der Waals surface area contributed by atoms with E-state index in [0.717, 1.165) is 12.1 Å². The van der Waals surface area contributed by atoms with Crippen molar-refractivity contribution >= 4 is 11.9 Å². The van der Waals surface area contributed by atoms with E-state index >= 15 is 0 Å². The third-order valence-corrected chi connectivity index (χ3v) is 2.51. The van der Waals surface area contributed by atoms with E-state index < -0.39 is 40.9 Å². The fourth-order valence-corrected chi connectivity index (χ4v) is 1.73. The Hall–Kier alpha value is -2.71. The van der Waals surface area contributed by atoms with E-state index in [1.54, 1.807) is 0 Å². The van der Waals surface area contributed by atoms with E-state index in [1.165, 1.54) is 12.1 Å². The zero-order valence-electron chi connectivity index (χ0n) is 10.1. The van der Waals surface area contributed by atoms with Crippen LogP contribution in [0.5, 0.6) is 0 Å². The maximum absolute atomic E-state index is 13.2. The van der Waals surface area contributed by atoms with Crippen LogP contribution in [0.1, 0.15) is 16.1 Å². The minimum atomic E-state index is -5.03. The number of halogens is 4. The Morgan fingerprint density at radius 1 is 1.24 bits per heavy atom. The summed E-state index contributed by atoms with van der Waals surface area (Å²) in [6, 6.07) is 4.34. The third-order valence-electron chi connectivity index (χ3n) is 2.51. The van der Waals surface area contributed by atoms with Gasteiger partial charge in [-0.2, -0.15) is 13.2 Å². The zero-order chi connectivity index (χ0) is 15.8. The molecule has 0 fully saturated rings. The van der Waals surface area contributed by atoms with Crippen molar-refractivity contribution in [3.8, 4) is 11.3 Å². The number of carboxylic acid groups (broad SMARTS) is 1. The van der Waals surface area contributed by atoms with Gasteiger partial charge in [0.1, 0.15) is 11.4 Å². The Balaban J connectivity index is 2.82. The van der Waals surface area contributed by atoms with Gasteiger partial charge in [0.05, 0.1) is 5.69 Å². The number of aromatic carboxylic acids is 1. The molecule has 0 aliphatic rings. The summed E-state index contributed by atoms with van der Waals surface area (Å²) >= 11 is 0. The van der Waals surface area contributed by atoms with Crippen LogP contribution in [0.3, 0.4) is 0 Å². The minimum Gasteiger partial charge on any atom is -0.478 e. The molecule has 5 nitrogen and oxygen atoms in total. The van der Waals surface area contributed by atoms with Crippen LogP contribution in [0.4, 0.5) is 23.5 Å². The van der Waals surface area contributed by atoms with Gasteiger partial charge in [0.25, 0.3) is 0 Å². The van der Waals surface area contributed by atoms with Gasteiger partial charge < -0.3 is 10.8 Å². The largest absolute Gasteiger partial charge is 0.478 e. The highest BCUT2D eigenvalue weighted by molar-refractivity contribution is 5.96. The van der Waals surface area contributed by atoms with Crippen molar-refractivity contribution in [1.29, 1.82) is 0 Å². The number of hydrogen-bond acceptors (Lipinski definition) is 4. The van der Waals surface area contributed by atoms with Crippen LogP contribution >= 0.6 is 0 Å². The Kier molecular flexibility index (Phi) is 3.50. The number of carboxylic acids is 1. The first-order valence-corrected chi connectivity index (χ1v) is 5.44. The molecule has 21 heavy (non-hydrogen) atoms. The van der Waals surface area contributed by atoms with E-state index in [9.17, 15) is 22.4 Å². The number of nitrogens with two attached hydrogens (primary N) is 1. The van der Waals surface area contributed by atoms with Crippen LogP contribution < -0.4 is 5.73 Å². The molecule has 1 aromatic heterocycles. The molecule has 0 aliphatic heterocycles. The molecule has 0 aliphatic carbocycles. The molecule has 0 bridgehead atoms. The molecule has 3 N–H and O–H groups in total. The summed E-state index contributed by atoms with van der Waals surface area (Å²) in [7, 11) is 0. The lowest BCUT2D eigenvalue weighted by atomic mass is 10.0. The summed E-state index contributed by atoms with van der Waals surface area (Å²) in [6.45, 7) is 0. The van der Waals surface area contributed by atoms with Gasteiger partial charge in [-0.15, -0.1) is 0 Å². The number of alkyl halides is 3. The normalized spacial score (nSPS) is 11.4. The Morgan fingerprint density at radius 2 is 1.90 bits per heavy atom. The summed E-state index contributed by atoms with van der Waals surface area (Å²) < 4.78 is 51.8. The van der Waals surface area contributed by atoms with E-state index in [1.807, 2.05) is 0 Å². The summed E-state index contributed by atoms with van der Waals surface area (Å²) in [5.41, 5.74) is 1.59. The van der Waals surface area contributed by atoms with Gasteiger partial charge in [0.15, 0.2) is 5.69 Å². The van der Waals surface area contributed by atoms with Gasteiger partial charge in [-0.05, 0) is 12.1 Å². The van der Waals surface area contributed by atoms with Crippen molar-refractivity contribution in [1.82, 2.24) is 9.97 Å². The summed E-state index contributed by atoms with van der Waals surface area (Å²) in [5, 5.41) is 9.02. The fourth-order valence-electron chi connectivity index (χ4n) is 1.73. The van der Waals surface area contributed by atoms with Crippen LogP contribution in [-0.2, 0) is 6.18 Å². The van der Waals surface area contributed by atoms with Gasteiger partial charge in [0.2, 0.25) is 5.95 Å². The molecule has 2 rings (SSSR count). The third kappa shape index (κ3) is 2.91. The molecule has 0 amide bonds. The number of benzene rings is 1. The molecule has 0 saturated carbocycles. The average Bonchev–Trinajstić information content (AvgIpc) is 2.36. The summed E-state index contributed by atoms with van der Waals surface area (Å²) in [5.74, 6) is -3.40. The first-order chi connectivity index (χ1) is 9.70. The molecule has 0 atom stereocenters. The lowest BCUT2D eigenvalue weighted by molar-refractivity contribution is -0.141. The highest BCUT2D eigenvalue weighted by atomic mass is 19.4. The van der Waals surface area contributed by atoms with Gasteiger partial charge in [0, 0.05) is 5.56 Å². The van der Waals surface area contributed by atoms with Crippen molar-refractivity contribution < 1.29 is 27.5 Å². The van der Waals surface area contributed by atoms with E-state index in [2.05, 4.69) is 9.97 Å². The molecule has 1 heterocycles. The van der Waals surface area contributed by atoms with Crippen molar-refractivity contribution in [3.05, 3.63) is 41.3 Å². The summed E-state index contributed by atoms with van der Waals surface area (Å²) in [6.07, 6.45) is -5.03. The number of nitrogens with zero attached hydrogens (tertiary/aromatic N) is 2. The predicted octanol–water partition coefficient (Wildman–Crippen LogP) is 2.58. The van der Waals surface area contributed by atoms with Crippen molar-refractivity contribution in [2.45, 2.75) is 6.18 Å². The number of nitrogen functional groups attached to an aromatic ring is 1. The number of aromatic nitrogens is 2. The van der Waals surface area contributed by atoms with Crippen molar-refractivity contribution in [2.75, 3.05) is 5.73 Å². The first-order valence-electron chi connectivity index (χ1n) is 5.44. The average molecular weight is 301 g/mol. The van der Waals surface area contributed by atoms with Crippen molar-refractivity contribution in [2.24, 2.45) is 0 Å². The minimum absolute atomic E-state index is 0.146. The maximum Gasteiger partial charge on any atom is 0.434 e. The van der Waals surface area contributed by atoms with E-state index in [4.69, 9.17) is 10.8 Å². The second kappa shape index (κ2) is 5.00. The van der Waals surface area contributed by atoms with Crippen molar-refractivity contribution in [3.63, 3.8) is 0 Å².